The zero-order valence-electron chi connectivity index (χ0n) is 15.2. The summed E-state index contributed by atoms with van der Waals surface area (Å²) in [4.78, 5) is 25.6. The Hall–Kier alpha value is -1.88. The van der Waals surface area contributed by atoms with Crippen molar-refractivity contribution >= 4 is 17.6 Å². The maximum atomic E-state index is 13.1. The molecule has 4 fully saturated rings. The number of rotatable bonds is 5. The fraction of sp³-hybridized carbons (Fsp3) is 0.619. The third kappa shape index (κ3) is 3.13. The van der Waals surface area contributed by atoms with Crippen LogP contribution in [0.4, 0.5) is 5.69 Å². The van der Waals surface area contributed by atoms with Gasteiger partial charge in [-0.2, -0.15) is 0 Å². The van der Waals surface area contributed by atoms with E-state index in [1.807, 2.05) is 25.1 Å². The first-order chi connectivity index (χ1) is 12.4. The molecule has 0 radical (unpaired) electrons. The number of esters is 1. The maximum absolute atomic E-state index is 13.1. The summed E-state index contributed by atoms with van der Waals surface area (Å²) in [6, 6.07) is 9.18. The summed E-state index contributed by atoms with van der Waals surface area (Å²) >= 11 is 0. The first-order valence-corrected chi connectivity index (χ1v) is 9.71. The number of anilines is 1. The summed E-state index contributed by atoms with van der Waals surface area (Å²) in [7, 11) is 0. The summed E-state index contributed by atoms with van der Waals surface area (Å²) < 4.78 is 5.70. The molecule has 4 aliphatic carbocycles. The van der Waals surface area contributed by atoms with Crippen LogP contribution in [0.5, 0.6) is 0 Å². The Morgan fingerprint density at radius 2 is 1.85 bits per heavy atom. The lowest BCUT2D eigenvalue weighted by molar-refractivity contribution is -0.200. The van der Waals surface area contributed by atoms with Crippen molar-refractivity contribution < 1.29 is 19.4 Å². The molecule has 4 aliphatic rings. The largest absolute Gasteiger partial charge is 0.452 e. The van der Waals surface area contributed by atoms with E-state index in [-0.39, 0.29) is 11.9 Å². The molecule has 0 aliphatic heterocycles. The van der Waals surface area contributed by atoms with Gasteiger partial charge < -0.3 is 15.2 Å². The summed E-state index contributed by atoms with van der Waals surface area (Å²) in [6.45, 7) is 1.84. The van der Waals surface area contributed by atoms with Gasteiger partial charge in [-0.15, -0.1) is 0 Å². The van der Waals surface area contributed by atoms with Gasteiger partial charge in [0.05, 0.1) is 11.0 Å². The molecule has 3 unspecified atom stereocenters. The van der Waals surface area contributed by atoms with Crippen molar-refractivity contribution in [3.8, 4) is 0 Å². The number of hydrogen-bond donors (Lipinski definition) is 2. The highest BCUT2D eigenvalue weighted by Gasteiger charge is 2.61. The zero-order valence-corrected chi connectivity index (χ0v) is 15.2. The zero-order chi connectivity index (χ0) is 18.4. The first-order valence-electron chi connectivity index (χ1n) is 9.71. The standard InChI is InChI=1S/C21H27NO4/c1-2-17(18(23)22-16-6-4-3-5-7-16)26-19(24)20-9-14-8-15(10-20)12-21(25,11-14)13-20/h3-7,14-15,17,25H,2,8-13H2,1H3,(H,22,23). The lowest BCUT2D eigenvalue weighted by Gasteiger charge is -2.58. The average Bonchev–Trinajstić information content (AvgIpc) is 2.58. The fourth-order valence-electron chi connectivity index (χ4n) is 5.77. The molecule has 3 atom stereocenters. The number of ether oxygens (including phenoxy) is 1. The monoisotopic (exact) mass is 357 g/mol. The minimum Gasteiger partial charge on any atom is -0.452 e. The van der Waals surface area contributed by atoms with Gasteiger partial charge in [-0.05, 0) is 68.9 Å². The van der Waals surface area contributed by atoms with E-state index in [0.717, 1.165) is 32.1 Å². The molecule has 5 rings (SSSR count). The third-order valence-corrected chi connectivity index (χ3v) is 6.42. The number of amides is 1. The van der Waals surface area contributed by atoms with Gasteiger partial charge in [0, 0.05) is 5.69 Å². The van der Waals surface area contributed by atoms with Crippen LogP contribution in [0.3, 0.4) is 0 Å². The van der Waals surface area contributed by atoms with Gasteiger partial charge >= 0.3 is 5.97 Å². The topological polar surface area (TPSA) is 75.6 Å². The van der Waals surface area contributed by atoms with E-state index in [2.05, 4.69) is 5.32 Å². The summed E-state index contributed by atoms with van der Waals surface area (Å²) in [5.41, 5.74) is -0.618. The Balaban J connectivity index is 1.45. The second-order valence-corrected chi connectivity index (χ2v) is 8.62. The van der Waals surface area contributed by atoms with E-state index in [0.29, 0.717) is 30.4 Å². The predicted molar refractivity (Wildman–Crippen MR) is 97.3 cm³/mol. The highest BCUT2D eigenvalue weighted by Crippen LogP contribution is 2.62. The van der Waals surface area contributed by atoms with Crippen LogP contribution < -0.4 is 5.32 Å². The number of carbonyl (C=O) groups is 2. The molecule has 0 saturated heterocycles. The molecule has 1 aromatic carbocycles. The van der Waals surface area contributed by atoms with Crippen molar-refractivity contribution in [2.24, 2.45) is 17.3 Å². The highest BCUT2D eigenvalue weighted by atomic mass is 16.5. The molecule has 1 aromatic rings. The molecule has 4 bridgehead atoms. The van der Waals surface area contributed by atoms with Gasteiger partial charge in [0.2, 0.25) is 0 Å². The van der Waals surface area contributed by atoms with Gasteiger partial charge in [-0.3, -0.25) is 9.59 Å². The minimum atomic E-state index is -0.801. The quantitative estimate of drug-likeness (QED) is 0.793. The average molecular weight is 357 g/mol. The number of benzene rings is 1. The molecule has 1 amide bonds. The van der Waals surface area contributed by atoms with Crippen molar-refractivity contribution in [3.05, 3.63) is 30.3 Å². The Labute approximate surface area is 154 Å². The Morgan fingerprint density at radius 1 is 1.19 bits per heavy atom. The number of nitrogens with one attached hydrogen (secondary N) is 1. The summed E-state index contributed by atoms with van der Waals surface area (Å²) in [6.07, 6.45) is 4.44. The van der Waals surface area contributed by atoms with Crippen LogP contribution in [0.1, 0.15) is 51.9 Å². The van der Waals surface area contributed by atoms with E-state index in [1.54, 1.807) is 12.1 Å². The fourth-order valence-corrected chi connectivity index (χ4v) is 5.77. The molecule has 5 nitrogen and oxygen atoms in total. The molecular weight excluding hydrogens is 330 g/mol. The molecule has 140 valence electrons. The van der Waals surface area contributed by atoms with Crippen molar-refractivity contribution in [1.82, 2.24) is 0 Å². The second kappa shape index (κ2) is 6.38. The van der Waals surface area contributed by atoms with Gasteiger partial charge in [0.1, 0.15) is 0 Å². The molecule has 26 heavy (non-hydrogen) atoms. The molecule has 5 heteroatoms. The van der Waals surface area contributed by atoms with Crippen molar-refractivity contribution in [2.75, 3.05) is 5.32 Å². The summed E-state index contributed by atoms with van der Waals surface area (Å²) in [5, 5.41) is 13.6. The molecule has 0 spiro atoms. The smallest absolute Gasteiger partial charge is 0.312 e. The van der Waals surface area contributed by atoms with Gasteiger partial charge in [-0.25, -0.2) is 0 Å². The maximum Gasteiger partial charge on any atom is 0.312 e. The molecule has 2 N–H and O–H groups in total. The van der Waals surface area contributed by atoms with E-state index >= 15 is 0 Å². The van der Waals surface area contributed by atoms with E-state index in [1.165, 1.54) is 0 Å². The number of hydrogen-bond acceptors (Lipinski definition) is 4. The van der Waals surface area contributed by atoms with Crippen LogP contribution in [0, 0.1) is 17.3 Å². The molecule has 0 heterocycles. The first kappa shape index (κ1) is 17.5. The van der Waals surface area contributed by atoms with Gasteiger partial charge in [0.25, 0.3) is 5.91 Å². The Kier molecular flexibility index (Phi) is 4.30. The Bertz CT molecular complexity index is 687. The van der Waals surface area contributed by atoms with Crippen LogP contribution in [0.25, 0.3) is 0 Å². The lowest BCUT2D eigenvalue weighted by Crippen LogP contribution is -2.59. The Morgan fingerprint density at radius 3 is 2.42 bits per heavy atom. The predicted octanol–water partition coefficient (Wildman–Crippen LogP) is 3.28. The van der Waals surface area contributed by atoms with E-state index < -0.39 is 17.1 Å². The van der Waals surface area contributed by atoms with Crippen LogP contribution in [-0.2, 0) is 14.3 Å². The molecule has 4 saturated carbocycles. The van der Waals surface area contributed by atoms with Crippen LogP contribution in [0.2, 0.25) is 0 Å². The van der Waals surface area contributed by atoms with Crippen LogP contribution in [-0.4, -0.2) is 28.7 Å². The number of carbonyl (C=O) groups excluding carboxylic acids is 2. The van der Waals surface area contributed by atoms with Gasteiger partial charge in [-0.1, -0.05) is 25.1 Å². The van der Waals surface area contributed by atoms with Crippen molar-refractivity contribution in [1.29, 1.82) is 0 Å². The number of para-hydroxylation sites is 1. The number of aliphatic hydroxyl groups is 1. The SMILES string of the molecule is CCC(OC(=O)C12CC3CC(CC(O)(C3)C1)C2)C(=O)Nc1ccccc1. The van der Waals surface area contributed by atoms with Crippen molar-refractivity contribution in [2.45, 2.75) is 63.6 Å². The third-order valence-electron chi connectivity index (χ3n) is 6.42. The molecule has 0 aromatic heterocycles. The normalized spacial score (nSPS) is 35.8. The highest BCUT2D eigenvalue weighted by molar-refractivity contribution is 5.95. The lowest BCUT2D eigenvalue weighted by atomic mass is 9.48. The van der Waals surface area contributed by atoms with Crippen LogP contribution >= 0.6 is 0 Å². The van der Waals surface area contributed by atoms with E-state index in [4.69, 9.17) is 4.74 Å². The van der Waals surface area contributed by atoms with Crippen LogP contribution in [0.15, 0.2) is 30.3 Å². The second-order valence-electron chi connectivity index (χ2n) is 8.62. The van der Waals surface area contributed by atoms with Crippen molar-refractivity contribution in [3.63, 3.8) is 0 Å². The van der Waals surface area contributed by atoms with Gasteiger partial charge in [0.15, 0.2) is 6.10 Å². The van der Waals surface area contributed by atoms with E-state index in [9.17, 15) is 14.7 Å². The molecular formula is C21H27NO4. The minimum absolute atomic E-state index is 0.292. The summed E-state index contributed by atoms with van der Waals surface area (Å²) in [5.74, 6) is 0.231.